The predicted octanol–water partition coefficient (Wildman–Crippen LogP) is 3.06. The molecular weight excluding hydrogens is 236 g/mol. The molecule has 0 spiro atoms. The van der Waals surface area contributed by atoms with Gasteiger partial charge in [-0.1, -0.05) is 31.0 Å². The minimum atomic E-state index is 0.0104. The van der Waals surface area contributed by atoms with Crippen LogP contribution < -0.4 is 10.6 Å². The molecule has 17 heavy (non-hydrogen) atoms. The van der Waals surface area contributed by atoms with E-state index >= 15 is 0 Å². The highest BCUT2D eigenvalue weighted by atomic mass is 35.5. The van der Waals surface area contributed by atoms with Crippen LogP contribution in [0.2, 0.25) is 5.02 Å². The fourth-order valence-corrected chi connectivity index (χ4v) is 1.61. The van der Waals surface area contributed by atoms with Crippen LogP contribution in [0.5, 0.6) is 0 Å². The molecule has 1 aromatic carbocycles. The van der Waals surface area contributed by atoms with Crippen molar-refractivity contribution in [3.05, 3.63) is 29.3 Å². The maximum absolute atomic E-state index is 11.6. The Morgan fingerprint density at radius 3 is 2.88 bits per heavy atom. The Morgan fingerprint density at radius 1 is 1.35 bits per heavy atom. The van der Waals surface area contributed by atoms with E-state index in [1.54, 1.807) is 12.1 Å². The van der Waals surface area contributed by atoms with Gasteiger partial charge >= 0.3 is 0 Å². The Balaban J connectivity index is 2.21. The number of hydrogen-bond acceptors (Lipinski definition) is 2. The van der Waals surface area contributed by atoms with E-state index in [4.69, 9.17) is 11.6 Å². The first-order valence-electron chi connectivity index (χ1n) is 5.98. The average molecular weight is 255 g/mol. The molecule has 1 amide bonds. The zero-order valence-corrected chi connectivity index (χ0v) is 10.9. The summed E-state index contributed by atoms with van der Waals surface area (Å²) in [4.78, 5) is 11.6. The van der Waals surface area contributed by atoms with Gasteiger partial charge < -0.3 is 10.6 Å². The highest BCUT2D eigenvalue weighted by Crippen LogP contribution is 2.14. The molecule has 3 nitrogen and oxygen atoms in total. The van der Waals surface area contributed by atoms with Gasteiger partial charge in [-0.15, -0.1) is 0 Å². The maximum atomic E-state index is 11.6. The number of carbonyl (C=O) groups is 1. The minimum Gasteiger partial charge on any atom is -0.326 e. The summed E-state index contributed by atoms with van der Waals surface area (Å²) in [5.74, 6) is 0.0104. The largest absolute Gasteiger partial charge is 0.326 e. The van der Waals surface area contributed by atoms with E-state index in [0.29, 0.717) is 18.0 Å². The summed E-state index contributed by atoms with van der Waals surface area (Å²) in [5, 5.41) is 6.67. The van der Waals surface area contributed by atoms with Crippen molar-refractivity contribution in [2.45, 2.75) is 26.2 Å². The molecule has 0 unspecified atom stereocenters. The number of amides is 1. The lowest BCUT2D eigenvalue weighted by Gasteiger charge is -2.06. The molecule has 0 saturated heterocycles. The predicted molar refractivity (Wildman–Crippen MR) is 72.5 cm³/mol. The van der Waals surface area contributed by atoms with E-state index in [0.717, 1.165) is 18.7 Å². The van der Waals surface area contributed by atoms with Crippen molar-refractivity contribution >= 4 is 23.2 Å². The van der Waals surface area contributed by atoms with Gasteiger partial charge in [-0.2, -0.15) is 0 Å². The molecule has 2 N–H and O–H groups in total. The molecule has 94 valence electrons. The van der Waals surface area contributed by atoms with Gasteiger partial charge in [0.2, 0.25) is 5.91 Å². The van der Waals surface area contributed by atoms with Crippen molar-refractivity contribution in [2.75, 3.05) is 18.4 Å². The van der Waals surface area contributed by atoms with Crippen LogP contribution in [0.3, 0.4) is 0 Å². The first-order chi connectivity index (χ1) is 8.22. The molecular formula is C13H19ClN2O. The molecule has 0 saturated carbocycles. The van der Waals surface area contributed by atoms with Crippen LogP contribution in [0.15, 0.2) is 24.3 Å². The topological polar surface area (TPSA) is 41.1 Å². The number of rotatable bonds is 7. The zero-order valence-electron chi connectivity index (χ0n) is 10.1. The van der Waals surface area contributed by atoms with Gasteiger partial charge in [0.1, 0.15) is 0 Å². The zero-order chi connectivity index (χ0) is 12.5. The number of benzene rings is 1. The van der Waals surface area contributed by atoms with Crippen LogP contribution in [-0.2, 0) is 4.79 Å². The fraction of sp³-hybridized carbons (Fsp3) is 0.462. The molecule has 0 aromatic heterocycles. The lowest BCUT2D eigenvalue weighted by molar-refractivity contribution is -0.116. The monoisotopic (exact) mass is 254 g/mol. The first-order valence-corrected chi connectivity index (χ1v) is 6.36. The number of carbonyl (C=O) groups excluding carboxylic acids is 1. The summed E-state index contributed by atoms with van der Waals surface area (Å²) in [5.41, 5.74) is 0.746. The standard InChI is InChI=1S/C13H19ClN2O/c1-2-3-8-15-9-7-13(17)16-12-6-4-5-11(14)10-12/h4-6,10,15H,2-3,7-9H2,1H3,(H,16,17). The normalized spacial score (nSPS) is 10.2. The molecule has 0 atom stereocenters. The van der Waals surface area contributed by atoms with Crippen LogP contribution in [0.1, 0.15) is 26.2 Å². The Bertz CT molecular complexity index is 355. The summed E-state index contributed by atoms with van der Waals surface area (Å²) in [6, 6.07) is 7.17. The van der Waals surface area contributed by atoms with E-state index in [9.17, 15) is 4.79 Å². The number of halogens is 1. The first kappa shape index (κ1) is 14.0. The fourth-order valence-electron chi connectivity index (χ4n) is 1.42. The van der Waals surface area contributed by atoms with Gasteiger partial charge in [-0.05, 0) is 31.2 Å². The van der Waals surface area contributed by atoms with E-state index in [-0.39, 0.29) is 5.91 Å². The lowest BCUT2D eigenvalue weighted by Crippen LogP contribution is -2.22. The molecule has 0 heterocycles. The second kappa shape index (κ2) is 8.09. The number of nitrogens with one attached hydrogen (secondary N) is 2. The van der Waals surface area contributed by atoms with E-state index in [1.165, 1.54) is 6.42 Å². The minimum absolute atomic E-state index is 0.0104. The molecule has 0 aliphatic heterocycles. The molecule has 1 rings (SSSR count). The number of unbranched alkanes of at least 4 members (excludes halogenated alkanes) is 1. The van der Waals surface area contributed by atoms with Crippen molar-refractivity contribution in [3.8, 4) is 0 Å². The highest BCUT2D eigenvalue weighted by Gasteiger charge is 2.01. The van der Waals surface area contributed by atoms with Crippen LogP contribution >= 0.6 is 11.6 Å². The Hall–Kier alpha value is -1.06. The molecule has 0 fully saturated rings. The third-order valence-electron chi connectivity index (χ3n) is 2.34. The molecule has 0 bridgehead atoms. The van der Waals surface area contributed by atoms with Gasteiger partial charge in [-0.3, -0.25) is 4.79 Å². The van der Waals surface area contributed by atoms with Crippen molar-refractivity contribution in [3.63, 3.8) is 0 Å². The molecule has 0 aliphatic carbocycles. The second-order valence-electron chi connectivity index (χ2n) is 3.91. The third-order valence-corrected chi connectivity index (χ3v) is 2.58. The van der Waals surface area contributed by atoms with Crippen molar-refractivity contribution < 1.29 is 4.79 Å². The highest BCUT2D eigenvalue weighted by molar-refractivity contribution is 6.30. The summed E-state index contributed by atoms with van der Waals surface area (Å²) in [6.45, 7) is 3.83. The maximum Gasteiger partial charge on any atom is 0.225 e. The van der Waals surface area contributed by atoms with E-state index in [2.05, 4.69) is 17.6 Å². The van der Waals surface area contributed by atoms with Crippen LogP contribution in [-0.4, -0.2) is 19.0 Å². The van der Waals surface area contributed by atoms with Gasteiger partial charge in [-0.25, -0.2) is 0 Å². The molecule has 1 aromatic rings. The van der Waals surface area contributed by atoms with Crippen molar-refractivity contribution in [1.29, 1.82) is 0 Å². The van der Waals surface area contributed by atoms with Crippen molar-refractivity contribution in [1.82, 2.24) is 5.32 Å². The summed E-state index contributed by atoms with van der Waals surface area (Å²) in [7, 11) is 0. The Labute approximate surface area is 108 Å². The van der Waals surface area contributed by atoms with Gasteiger partial charge in [0.05, 0.1) is 0 Å². The summed E-state index contributed by atoms with van der Waals surface area (Å²) >= 11 is 5.83. The van der Waals surface area contributed by atoms with E-state index in [1.807, 2.05) is 12.1 Å². The van der Waals surface area contributed by atoms with Gasteiger partial charge in [0.25, 0.3) is 0 Å². The van der Waals surface area contributed by atoms with Crippen molar-refractivity contribution in [2.24, 2.45) is 0 Å². The van der Waals surface area contributed by atoms with Crippen LogP contribution in [0, 0.1) is 0 Å². The number of hydrogen-bond donors (Lipinski definition) is 2. The molecule has 4 heteroatoms. The molecule has 0 aliphatic rings. The molecule has 0 radical (unpaired) electrons. The Kier molecular flexibility index (Phi) is 6.67. The van der Waals surface area contributed by atoms with E-state index < -0.39 is 0 Å². The Morgan fingerprint density at radius 2 is 2.18 bits per heavy atom. The third kappa shape index (κ3) is 6.29. The van der Waals surface area contributed by atoms with Gasteiger partial charge in [0, 0.05) is 23.7 Å². The van der Waals surface area contributed by atoms with Crippen LogP contribution in [0.25, 0.3) is 0 Å². The quantitative estimate of drug-likeness (QED) is 0.735. The summed E-state index contributed by atoms with van der Waals surface area (Å²) < 4.78 is 0. The van der Waals surface area contributed by atoms with Crippen LogP contribution in [0.4, 0.5) is 5.69 Å². The SMILES string of the molecule is CCCCNCCC(=O)Nc1cccc(Cl)c1. The lowest BCUT2D eigenvalue weighted by atomic mass is 10.3. The van der Waals surface area contributed by atoms with Gasteiger partial charge in [0.15, 0.2) is 0 Å². The smallest absolute Gasteiger partial charge is 0.225 e. The summed E-state index contributed by atoms with van der Waals surface area (Å²) in [6.07, 6.45) is 2.80. The number of anilines is 1. The average Bonchev–Trinajstić information content (AvgIpc) is 2.29. The second-order valence-corrected chi connectivity index (χ2v) is 4.35.